The van der Waals surface area contributed by atoms with Gasteiger partial charge in [0.15, 0.2) is 0 Å². The van der Waals surface area contributed by atoms with Crippen LogP contribution in [0.5, 0.6) is 11.5 Å². The van der Waals surface area contributed by atoms with E-state index >= 15 is 0 Å². The Bertz CT molecular complexity index is 1010. The highest BCUT2D eigenvalue weighted by Crippen LogP contribution is 2.37. The van der Waals surface area contributed by atoms with Gasteiger partial charge in [-0.05, 0) is 48.9 Å². The van der Waals surface area contributed by atoms with Gasteiger partial charge in [-0.2, -0.15) is 0 Å². The maximum atomic E-state index is 12.3. The molecule has 3 rings (SSSR count). The van der Waals surface area contributed by atoms with Gasteiger partial charge in [0, 0.05) is 11.1 Å². The molecular formula is C19H17ClF3N3O3S. The van der Waals surface area contributed by atoms with Gasteiger partial charge >= 0.3 is 6.36 Å². The first-order chi connectivity index (χ1) is 14.2. The van der Waals surface area contributed by atoms with Crippen molar-refractivity contribution in [1.29, 1.82) is 0 Å². The second-order valence-electron chi connectivity index (χ2n) is 6.34. The molecule has 1 aromatic heterocycles. The number of hydrogen-bond acceptors (Lipinski definition) is 7. The van der Waals surface area contributed by atoms with E-state index < -0.39 is 12.4 Å². The van der Waals surface area contributed by atoms with Crippen LogP contribution in [0.3, 0.4) is 0 Å². The molecule has 0 radical (unpaired) electrons. The first-order valence-corrected chi connectivity index (χ1v) is 9.85. The monoisotopic (exact) mass is 459 g/mol. The molecule has 0 aliphatic carbocycles. The lowest BCUT2D eigenvalue weighted by Gasteiger charge is -2.14. The second-order valence-corrected chi connectivity index (χ2v) is 7.72. The Balaban J connectivity index is 1.79. The van der Waals surface area contributed by atoms with Crippen molar-refractivity contribution >= 4 is 22.9 Å². The Morgan fingerprint density at radius 3 is 2.47 bits per heavy atom. The summed E-state index contributed by atoms with van der Waals surface area (Å²) in [7, 11) is 0. The van der Waals surface area contributed by atoms with E-state index in [0.717, 1.165) is 5.56 Å². The molecule has 1 unspecified atom stereocenters. The van der Waals surface area contributed by atoms with E-state index in [1.54, 1.807) is 12.1 Å². The molecule has 2 aromatic carbocycles. The Kier molecular flexibility index (Phi) is 6.81. The summed E-state index contributed by atoms with van der Waals surface area (Å²) in [5, 5.41) is 18.7. The minimum Gasteiger partial charge on any atom is -0.492 e. The molecule has 6 nitrogen and oxygen atoms in total. The number of ether oxygens (including phenoxy) is 2. The minimum atomic E-state index is -4.74. The van der Waals surface area contributed by atoms with Crippen LogP contribution in [0.15, 0.2) is 36.4 Å². The SMILES string of the molecule is Cc1cc(-c2nnc(-c3ccc(OC(F)(F)F)cc3)s2)c(Cl)cc1OCC(N)CO. The van der Waals surface area contributed by atoms with Crippen molar-refractivity contribution in [3.05, 3.63) is 47.0 Å². The van der Waals surface area contributed by atoms with Crippen molar-refractivity contribution in [3.8, 4) is 32.6 Å². The van der Waals surface area contributed by atoms with Gasteiger partial charge in [-0.15, -0.1) is 23.4 Å². The van der Waals surface area contributed by atoms with Crippen LogP contribution in [0.2, 0.25) is 5.02 Å². The van der Waals surface area contributed by atoms with Crippen LogP contribution in [-0.4, -0.2) is 40.9 Å². The summed E-state index contributed by atoms with van der Waals surface area (Å²) < 4.78 is 46.3. The van der Waals surface area contributed by atoms with Crippen molar-refractivity contribution in [2.24, 2.45) is 5.73 Å². The van der Waals surface area contributed by atoms with Gasteiger partial charge < -0.3 is 20.3 Å². The lowest BCUT2D eigenvalue weighted by molar-refractivity contribution is -0.274. The number of nitrogens with zero attached hydrogens (tertiary/aromatic N) is 2. The van der Waals surface area contributed by atoms with E-state index in [9.17, 15) is 13.2 Å². The molecule has 0 aliphatic rings. The highest BCUT2D eigenvalue weighted by molar-refractivity contribution is 7.18. The number of nitrogens with two attached hydrogens (primary N) is 1. The summed E-state index contributed by atoms with van der Waals surface area (Å²) in [5.74, 6) is 0.226. The van der Waals surface area contributed by atoms with Crippen molar-refractivity contribution in [3.63, 3.8) is 0 Å². The largest absolute Gasteiger partial charge is 0.573 e. The van der Waals surface area contributed by atoms with Crippen LogP contribution >= 0.6 is 22.9 Å². The van der Waals surface area contributed by atoms with Crippen LogP contribution in [-0.2, 0) is 0 Å². The summed E-state index contributed by atoms with van der Waals surface area (Å²) >= 11 is 7.62. The van der Waals surface area contributed by atoms with Gasteiger partial charge in [0.05, 0.1) is 17.7 Å². The third-order valence-corrected chi connectivity index (χ3v) is 5.26. The number of halogens is 4. The van der Waals surface area contributed by atoms with Gasteiger partial charge in [0.1, 0.15) is 28.1 Å². The molecule has 0 bridgehead atoms. The summed E-state index contributed by atoms with van der Waals surface area (Å²) in [6.07, 6.45) is -4.74. The van der Waals surface area contributed by atoms with E-state index in [1.807, 2.05) is 6.92 Å². The fourth-order valence-corrected chi connectivity index (χ4v) is 3.66. The number of aliphatic hydroxyl groups is 1. The number of benzene rings is 2. The van der Waals surface area contributed by atoms with Crippen LogP contribution in [0.1, 0.15) is 5.56 Å². The second kappa shape index (κ2) is 9.17. The molecule has 0 saturated heterocycles. The Morgan fingerprint density at radius 2 is 1.83 bits per heavy atom. The van der Waals surface area contributed by atoms with Gasteiger partial charge in [0.2, 0.25) is 0 Å². The molecule has 0 aliphatic heterocycles. The number of aliphatic hydroxyl groups excluding tert-OH is 1. The molecule has 3 N–H and O–H groups in total. The fraction of sp³-hybridized carbons (Fsp3) is 0.263. The molecule has 0 fully saturated rings. The van der Waals surface area contributed by atoms with E-state index in [-0.39, 0.29) is 19.0 Å². The summed E-state index contributed by atoms with van der Waals surface area (Å²) in [6, 6.07) is 8.31. The summed E-state index contributed by atoms with van der Waals surface area (Å²) in [5.41, 5.74) is 7.68. The predicted molar refractivity (Wildman–Crippen MR) is 108 cm³/mol. The molecule has 3 aromatic rings. The Morgan fingerprint density at radius 1 is 1.17 bits per heavy atom. The number of rotatable bonds is 7. The smallest absolute Gasteiger partial charge is 0.492 e. The molecule has 0 spiro atoms. The Hall–Kier alpha value is -2.40. The van der Waals surface area contributed by atoms with E-state index in [0.29, 0.717) is 31.9 Å². The highest BCUT2D eigenvalue weighted by Gasteiger charge is 2.31. The zero-order valence-electron chi connectivity index (χ0n) is 15.6. The number of alkyl halides is 3. The average Bonchev–Trinajstić information content (AvgIpc) is 3.17. The number of aromatic nitrogens is 2. The molecule has 30 heavy (non-hydrogen) atoms. The predicted octanol–water partition coefficient (Wildman–Crippen LogP) is 4.43. The lowest BCUT2D eigenvalue weighted by Crippen LogP contribution is -2.31. The molecule has 0 amide bonds. The number of aryl methyl sites for hydroxylation is 1. The molecule has 11 heteroatoms. The first-order valence-electron chi connectivity index (χ1n) is 8.65. The molecule has 1 atom stereocenters. The van der Waals surface area contributed by atoms with E-state index in [2.05, 4.69) is 14.9 Å². The molecular weight excluding hydrogens is 443 g/mol. The zero-order chi connectivity index (χ0) is 21.9. The van der Waals surface area contributed by atoms with E-state index in [4.69, 9.17) is 27.2 Å². The van der Waals surface area contributed by atoms with Crippen molar-refractivity contribution in [2.75, 3.05) is 13.2 Å². The topological polar surface area (TPSA) is 90.5 Å². The van der Waals surface area contributed by atoms with Crippen molar-refractivity contribution < 1.29 is 27.8 Å². The highest BCUT2D eigenvalue weighted by atomic mass is 35.5. The van der Waals surface area contributed by atoms with Crippen LogP contribution in [0, 0.1) is 6.92 Å². The first kappa shape index (κ1) is 22.3. The molecule has 160 valence electrons. The third-order valence-electron chi connectivity index (χ3n) is 3.94. The van der Waals surface area contributed by atoms with E-state index in [1.165, 1.54) is 35.6 Å². The van der Waals surface area contributed by atoms with Crippen LogP contribution in [0.25, 0.3) is 21.1 Å². The van der Waals surface area contributed by atoms with Crippen molar-refractivity contribution in [2.45, 2.75) is 19.3 Å². The quantitative estimate of drug-likeness (QED) is 0.543. The minimum absolute atomic E-state index is 0.143. The lowest BCUT2D eigenvalue weighted by atomic mass is 10.1. The van der Waals surface area contributed by atoms with Crippen LogP contribution in [0.4, 0.5) is 13.2 Å². The normalized spacial score (nSPS) is 12.6. The summed E-state index contributed by atoms with van der Waals surface area (Å²) in [6.45, 7) is 1.78. The van der Waals surface area contributed by atoms with Gasteiger partial charge in [-0.3, -0.25) is 0 Å². The standard InChI is InChI=1S/C19H17ClF3N3O3S/c1-10-6-14(15(20)7-16(10)28-9-12(24)8-27)18-26-25-17(30-18)11-2-4-13(5-3-11)29-19(21,22)23/h2-7,12,27H,8-9,24H2,1H3. The molecule has 0 saturated carbocycles. The fourth-order valence-electron chi connectivity index (χ4n) is 2.48. The molecule has 1 heterocycles. The number of hydrogen-bond donors (Lipinski definition) is 2. The zero-order valence-corrected chi connectivity index (χ0v) is 17.2. The average molecular weight is 460 g/mol. The van der Waals surface area contributed by atoms with Gasteiger partial charge in [0.25, 0.3) is 0 Å². The maximum absolute atomic E-state index is 12.3. The Labute approximate surface area is 179 Å². The van der Waals surface area contributed by atoms with Gasteiger partial charge in [-0.1, -0.05) is 22.9 Å². The summed E-state index contributed by atoms with van der Waals surface area (Å²) in [4.78, 5) is 0. The van der Waals surface area contributed by atoms with Crippen molar-refractivity contribution in [1.82, 2.24) is 10.2 Å². The maximum Gasteiger partial charge on any atom is 0.573 e. The van der Waals surface area contributed by atoms with Gasteiger partial charge in [-0.25, -0.2) is 0 Å². The van der Waals surface area contributed by atoms with Crippen LogP contribution < -0.4 is 15.2 Å². The third kappa shape index (κ3) is 5.60.